The van der Waals surface area contributed by atoms with Crippen LogP contribution in [0.1, 0.15) is 53.0 Å². The number of H-pyrrole nitrogens is 1. The second-order valence-electron chi connectivity index (χ2n) is 8.26. The number of likely N-dealkylation sites (tertiary alicyclic amines) is 1. The third kappa shape index (κ3) is 3.75. The average Bonchev–Trinajstić information content (AvgIpc) is 3.37. The van der Waals surface area contributed by atoms with Gasteiger partial charge in [0.15, 0.2) is 5.76 Å². The lowest BCUT2D eigenvalue weighted by Gasteiger charge is -2.34. The first-order chi connectivity index (χ1) is 14.7. The van der Waals surface area contributed by atoms with Crippen LogP contribution in [0, 0.1) is 6.92 Å². The third-order valence-electron chi connectivity index (χ3n) is 6.13. The van der Waals surface area contributed by atoms with Gasteiger partial charge in [-0.25, -0.2) is 4.98 Å². The van der Waals surface area contributed by atoms with Gasteiger partial charge in [0.05, 0.1) is 36.8 Å². The molecule has 3 aromatic rings. The first kappa shape index (κ1) is 19.3. The monoisotopic (exact) mass is 408 g/mol. The minimum absolute atomic E-state index is 0.0362. The summed E-state index contributed by atoms with van der Waals surface area (Å²) in [6, 6.07) is 9.96. The maximum Gasteiger partial charge on any atom is 0.290 e. The van der Waals surface area contributed by atoms with Crippen molar-refractivity contribution >= 4 is 16.9 Å². The van der Waals surface area contributed by atoms with Gasteiger partial charge in [-0.2, -0.15) is 0 Å². The standard InChI is InChI=1S/C23H28N4O3/c1-16-14-17(15-26-10-12-29-13-11-26)30-21(16)23(28)27-9-5-4-8-20(27)22-24-18-6-2-3-7-19(18)25-22/h2-3,6-7,14,20H,4-5,8-13,15H2,1H3,(H,24,25)/t20-/m0/s1. The largest absolute Gasteiger partial charge is 0.454 e. The molecule has 2 aromatic heterocycles. The molecule has 0 bridgehead atoms. The van der Waals surface area contributed by atoms with Gasteiger partial charge < -0.3 is 19.0 Å². The van der Waals surface area contributed by atoms with E-state index in [4.69, 9.17) is 14.1 Å². The Labute approximate surface area is 176 Å². The maximum atomic E-state index is 13.5. The van der Waals surface area contributed by atoms with Crippen molar-refractivity contribution in [2.24, 2.45) is 0 Å². The molecule has 2 aliphatic heterocycles. The van der Waals surface area contributed by atoms with Gasteiger partial charge in [0.1, 0.15) is 11.6 Å². The summed E-state index contributed by atoms with van der Waals surface area (Å²) in [7, 11) is 0. The number of piperidine rings is 1. The molecule has 0 saturated carbocycles. The van der Waals surface area contributed by atoms with E-state index in [2.05, 4.69) is 9.88 Å². The zero-order valence-corrected chi connectivity index (χ0v) is 17.4. The number of nitrogens with one attached hydrogen (secondary N) is 1. The summed E-state index contributed by atoms with van der Waals surface area (Å²) < 4.78 is 11.5. The van der Waals surface area contributed by atoms with Crippen LogP contribution >= 0.6 is 0 Å². The molecule has 0 spiro atoms. The molecule has 0 unspecified atom stereocenters. The van der Waals surface area contributed by atoms with Crippen molar-refractivity contribution in [3.63, 3.8) is 0 Å². The summed E-state index contributed by atoms with van der Waals surface area (Å²) in [6.45, 7) is 6.67. The molecule has 30 heavy (non-hydrogen) atoms. The lowest BCUT2D eigenvalue weighted by atomic mass is 10.0. The summed E-state index contributed by atoms with van der Waals surface area (Å²) in [5.41, 5.74) is 2.84. The van der Waals surface area contributed by atoms with Crippen LogP contribution < -0.4 is 0 Å². The van der Waals surface area contributed by atoms with Crippen molar-refractivity contribution in [2.45, 2.75) is 38.8 Å². The molecule has 2 aliphatic rings. The molecular weight excluding hydrogens is 380 g/mol. The Kier molecular flexibility index (Phi) is 5.31. The highest BCUT2D eigenvalue weighted by Gasteiger charge is 2.33. The smallest absolute Gasteiger partial charge is 0.290 e. The summed E-state index contributed by atoms with van der Waals surface area (Å²) in [6.07, 6.45) is 3.00. The highest BCUT2D eigenvalue weighted by atomic mass is 16.5. The van der Waals surface area contributed by atoms with Crippen LogP contribution in [0.2, 0.25) is 0 Å². The number of benzene rings is 1. The van der Waals surface area contributed by atoms with Gasteiger partial charge in [0, 0.05) is 25.2 Å². The summed E-state index contributed by atoms with van der Waals surface area (Å²) >= 11 is 0. The van der Waals surface area contributed by atoms with E-state index in [1.807, 2.05) is 42.2 Å². The van der Waals surface area contributed by atoms with Crippen molar-refractivity contribution in [3.05, 3.63) is 53.2 Å². The number of aromatic amines is 1. The number of ether oxygens (including phenoxy) is 1. The molecule has 1 aromatic carbocycles. The highest BCUT2D eigenvalue weighted by Crippen LogP contribution is 2.32. The normalized spacial score (nSPS) is 20.7. The molecule has 1 N–H and O–H groups in total. The molecule has 7 heteroatoms. The van der Waals surface area contributed by atoms with Crippen LogP contribution in [0.4, 0.5) is 0 Å². The number of hydrogen-bond acceptors (Lipinski definition) is 5. The number of carbonyl (C=O) groups excluding carboxylic acids is 1. The van der Waals surface area contributed by atoms with Gasteiger partial charge in [0.25, 0.3) is 5.91 Å². The molecule has 2 saturated heterocycles. The first-order valence-electron chi connectivity index (χ1n) is 10.8. The molecule has 1 atom stereocenters. The number of aryl methyl sites for hydroxylation is 1. The number of amides is 1. The molecule has 158 valence electrons. The van der Waals surface area contributed by atoms with Crippen LogP contribution in [0.15, 0.2) is 34.7 Å². The van der Waals surface area contributed by atoms with E-state index >= 15 is 0 Å². The zero-order valence-electron chi connectivity index (χ0n) is 17.4. The van der Waals surface area contributed by atoms with Crippen molar-refractivity contribution in [3.8, 4) is 0 Å². The van der Waals surface area contributed by atoms with Crippen LogP contribution in [0.25, 0.3) is 11.0 Å². The molecule has 1 amide bonds. The summed E-state index contributed by atoms with van der Waals surface area (Å²) in [5.74, 6) is 2.13. The fourth-order valence-electron chi connectivity index (χ4n) is 4.54. The van der Waals surface area contributed by atoms with Gasteiger partial charge in [-0.3, -0.25) is 9.69 Å². The number of fused-ring (bicyclic) bond motifs is 1. The van der Waals surface area contributed by atoms with Gasteiger partial charge in [-0.05, 0) is 44.4 Å². The van der Waals surface area contributed by atoms with Crippen molar-refractivity contribution in [1.29, 1.82) is 0 Å². The van der Waals surface area contributed by atoms with Crippen molar-refractivity contribution in [2.75, 3.05) is 32.8 Å². The molecule has 0 aliphatic carbocycles. The zero-order chi connectivity index (χ0) is 20.5. The lowest BCUT2D eigenvalue weighted by molar-refractivity contribution is 0.0307. The van der Waals surface area contributed by atoms with Gasteiger partial charge in [-0.1, -0.05) is 12.1 Å². The second-order valence-corrected chi connectivity index (χ2v) is 8.26. The fourth-order valence-corrected chi connectivity index (χ4v) is 4.54. The molecular formula is C23H28N4O3. The lowest BCUT2D eigenvalue weighted by Crippen LogP contribution is -2.39. The Bertz CT molecular complexity index is 1000. The topological polar surface area (TPSA) is 74.6 Å². The molecule has 7 nitrogen and oxygen atoms in total. The van der Waals surface area contributed by atoms with Crippen LogP contribution in [0.5, 0.6) is 0 Å². The number of furan rings is 1. The Morgan fingerprint density at radius 1 is 1.20 bits per heavy atom. The summed E-state index contributed by atoms with van der Waals surface area (Å²) in [5, 5.41) is 0. The summed E-state index contributed by atoms with van der Waals surface area (Å²) in [4.78, 5) is 25.9. The molecule has 2 fully saturated rings. The number of aromatic nitrogens is 2. The number of imidazole rings is 1. The number of hydrogen-bond donors (Lipinski definition) is 1. The van der Waals surface area contributed by atoms with E-state index in [0.29, 0.717) is 12.3 Å². The van der Waals surface area contributed by atoms with Gasteiger partial charge in [-0.15, -0.1) is 0 Å². The number of nitrogens with zero attached hydrogens (tertiary/aromatic N) is 3. The highest BCUT2D eigenvalue weighted by molar-refractivity contribution is 5.93. The van der Waals surface area contributed by atoms with Gasteiger partial charge >= 0.3 is 0 Å². The van der Waals surface area contributed by atoms with Crippen molar-refractivity contribution in [1.82, 2.24) is 19.8 Å². The molecule has 5 rings (SSSR count). The predicted molar refractivity (Wildman–Crippen MR) is 113 cm³/mol. The second kappa shape index (κ2) is 8.24. The Morgan fingerprint density at radius 2 is 2.03 bits per heavy atom. The minimum atomic E-state index is -0.0501. The van der Waals surface area contributed by atoms with Crippen molar-refractivity contribution < 1.29 is 13.9 Å². The van der Waals surface area contributed by atoms with E-state index in [0.717, 1.165) is 80.3 Å². The van der Waals surface area contributed by atoms with Crippen LogP contribution in [-0.2, 0) is 11.3 Å². The quantitative estimate of drug-likeness (QED) is 0.713. The fraction of sp³-hybridized carbons (Fsp3) is 0.478. The third-order valence-corrected chi connectivity index (χ3v) is 6.13. The number of carbonyl (C=O) groups is 1. The number of rotatable bonds is 4. The molecule has 4 heterocycles. The predicted octanol–water partition coefficient (Wildman–Crippen LogP) is 3.66. The number of morpholine rings is 1. The van der Waals surface area contributed by atoms with Gasteiger partial charge in [0.2, 0.25) is 0 Å². The first-order valence-corrected chi connectivity index (χ1v) is 10.8. The van der Waals surface area contributed by atoms with E-state index in [9.17, 15) is 4.79 Å². The average molecular weight is 409 g/mol. The van der Waals surface area contributed by atoms with E-state index < -0.39 is 0 Å². The van der Waals surface area contributed by atoms with Crippen LogP contribution in [-0.4, -0.2) is 58.5 Å². The Balaban J connectivity index is 1.38. The Hall–Kier alpha value is -2.64. The SMILES string of the molecule is Cc1cc(CN2CCOCC2)oc1C(=O)N1CCCC[C@H]1c1nc2ccccc2[nH]1. The molecule has 0 radical (unpaired) electrons. The van der Waals surface area contributed by atoms with E-state index in [1.165, 1.54) is 0 Å². The Morgan fingerprint density at radius 3 is 2.87 bits per heavy atom. The van der Waals surface area contributed by atoms with E-state index in [-0.39, 0.29) is 11.9 Å². The number of para-hydroxylation sites is 2. The van der Waals surface area contributed by atoms with E-state index in [1.54, 1.807) is 0 Å². The minimum Gasteiger partial charge on any atom is -0.454 e. The van der Waals surface area contributed by atoms with Crippen LogP contribution in [0.3, 0.4) is 0 Å². The maximum absolute atomic E-state index is 13.5.